The number of amides is 1. The molecule has 184 valence electrons. The number of hydrazone groups is 1. The number of hydrogen-bond acceptors (Lipinski definition) is 6. The third-order valence-electron chi connectivity index (χ3n) is 5.65. The molecular formula is C25H31BrClN3O2S2. The van der Waals surface area contributed by atoms with Crippen LogP contribution in [0.1, 0.15) is 25.3 Å². The highest BCUT2D eigenvalue weighted by Crippen LogP contribution is 2.36. The SMILES string of the molecule is COCCSN(C(=O)CN1CC(C)(CCCSC)C(c2ccc(Cl)cc2)=N1)c1ccc(Br)cc1. The van der Waals surface area contributed by atoms with E-state index in [2.05, 4.69) is 29.1 Å². The van der Waals surface area contributed by atoms with Gasteiger partial charge in [0.2, 0.25) is 0 Å². The van der Waals surface area contributed by atoms with Crippen LogP contribution in [0.5, 0.6) is 0 Å². The maximum absolute atomic E-state index is 13.5. The molecule has 0 N–H and O–H groups in total. The van der Waals surface area contributed by atoms with Gasteiger partial charge in [0, 0.05) is 34.3 Å². The summed E-state index contributed by atoms with van der Waals surface area (Å²) in [5, 5.41) is 7.59. The maximum Gasteiger partial charge on any atom is 0.258 e. The quantitative estimate of drug-likeness (QED) is 0.208. The standard InChI is InChI=1S/C25H31BrClN3O2S2/c1-25(13-4-15-33-3)18-29(28-24(25)19-5-9-21(27)10-6-19)17-23(31)30(34-16-14-32-2)22-11-7-20(26)8-12-22/h5-12H,4,13-18H2,1-3H3. The van der Waals surface area contributed by atoms with Crippen molar-refractivity contribution >= 4 is 68.5 Å². The van der Waals surface area contributed by atoms with Gasteiger partial charge in [0.05, 0.1) is 18.0 Å². The summed E-state index contributed by atoms with van der Waals surface area (Å²) < 4.78 is 7.93. The predicted octanol–water partition coefficient (Wildman–Crippen LogP) is 6.60. The molecule has 1 amide bonds. The fraction of sp³-hybridized carbons (Fsp3) is 0.440. The summed E-state index contributed by atoms with van der Waals surface area (Å²) in [5.41, 5.74) is 2.80. The Morgan fingerprint density at radius 1 is 1.21 bits per heavy atom. The van der Waals surface area contributed by atoms with Gasteiger partial charge in [0.15, 0.2) is 0 Å². The van der Waals surface area contributed by atoms with Crippen LogP contribution in [0.15, 0.2) is 58.1 Å². The van der Waals surface area contributed by atoms with E-state index < -0.39 is 0 Å². The van der Waals surface area contributed by atoms with E-state index in [4.69, 9.17) is 21.4 Å². The predicted molar refractivity (Wildman–Crippen MR) is 151 cm³/mol. The highest BCUT2D eigenvalue weighted by Gasteiger charge is 2.39. The average Bonchev–Trinajstić information content (AvgIpc) is 3.14. The molecule has 0 radical (unpaired) electrons. The molecule has 1 heterocycles. The van der Waals surface area contributed by atoms with Gasteiger partial charge in [-0.3, -0.25) is 14.1 Å². The van der Waals surface area contributed by atoms with Gasteiger partial charge >= 0.3 is 0 Å². The lowest BCUT2D eigenvalue weighted by Crippen LogP contribution is -2.37. The van der Waals surface area contributed by atoms with Crippen LogP contribution in [0.3, 0.4) is 0 Å². The Morgan fingerprint density at radius 3 is 2.56 bits per heavy atom. The van der Waals surface area contributed by atoms with Crippen LogP contribution in [0.4, 0.5) is 5.69 Å². The highest BCUT2D eigenvalue weighted by molar-refractivity contribution is 9.10. The number of hydrogen-bond donors (Lipinski definition) is 0. The molecule has 1 atom stereocenters. The molecule has 2 aromatic carbocycles. The van der Waals surface area contributed by atoms with Gasteiger partial charge in [0.1, 0.15) is 6.54 Å². The van der Waals surface area contributed by atoms with E-state index in [1.807, 2.05) is 65.3 Å². The molecule has 34 heavy (non-hydrogen) atoms. The summed E-state index contributed by atoms with van der Waals surface area (Å²) in [6, 6.07) is 15.6. The number of methoxy groups -OCH3 is 1. The molecule has 1 aliphatic rings. The fourth-order valence-corrected chi connectivity index (χ4v) is 5.70. The zero-order valence-corrected chi connectivity index (χ0v) is 23.8. The second kappa shape index (κ2) is 13.2. The smallest absolute Gasteiger partial charge is 0.258 e. The van der Waals surface area contributed by atoms with E-state index in [0.29, 0.717) is 23.9 Å². The minimum Gasteiger partial charge on any atom is -0.384 e. The molecule has 0 saturated heterocycles. The summed E-state index contributed by atoms with van der Waals surface area (Å²) >= 11 is 12.9. The van der Waals surface area contributed by atoms with Gasteiger partial charge in [-0.15, -0.1) is 0 Å². The van der Waals surface area contributed by atoms with E-state index in [9.17, 15) is 4.79 Å². The second-order valence-corrected chi connectivity index (χ2v) is 11.8. The van der Waals surface area contributed by atoms with E-state index in [-0.39, 0.29) is 17.9 Å². The molecule has 0 aromatic heterocycles. The Labute approximate surface area is 224 Å². The summed E-state index contributed by atoms with van der Waals surface area (Å²) in [6.07, 6.45) is 4.25. The number of ether oxygens (including phenoxy) is 1. The van der Waals surface area contributed by atoms with E-state index in [1.165, 1.54) is 11.9 Å². The number of halogens is 2. The Balaban J connectivity index is 1.81. The highest BCUT2D eigenvalue weighted by atomic mass is 79.9. The van der Waals surface area contributed by atoms with Crippen LogP contribution < -0.4 is 4.31 Å². The van der Waals surface area contributed by atoms with Crippen molar-refractivity contribution in [2.24, 2.45) is 10.5 Å². The van der Waals surface area contributed by atoms with Crippen LogP contribution >= 0.6 is 51.2 Å². The molecule has 0 bridgehead atoms. The second-order valence-electron chi connectivity index (χ2n) is 8.43. The van der Waals surface area contributed by atoms with E-state index in [1.54, 1.807) is 11.4 Å². The lowest BCUT2D eigenvalue weighted by molar-refractivity contribution is -0.118. The first-order chi connectivity index (χ1) is 16.4. The molecule has 0 saturated carbocycles. The summed E-state index contributed by atoms with van der Waals surface area (Å²) in [6.45, 7) is 3.75. The van der Waals surface area contributed by atoms with Crippen LogP contribution in [-0.2, 0) is 9.53 Å². The number of anilines is 1. The Morgan fingerprint density at radius 2 is 1.91 bits per heavy atom. The van der Waals surface area contributed by atoms with Gasteiger partial charge in [-0.1, -0.05) is 46.6 Å². The maximum atomic E-state index is 13.5. The zero-order chi connectivity index (χ0) is 24.6. The summed E-state index contributed by atoms with van der Waals surface area (Å²) in [7, 11) is 1.67. The first-order valence-corrected chi connectivity index (χ1v) is 14.7. The lowest BCUT2D eigenvalue weighted by Gasteiger charge is -2.28. The molecule has 0 fully saturated rings. The molecule has 2 aromatic rings. The molecule has 0 aliphatic carbocycles. The monoisotopic (exact) mass is 583 g/mol. The number of thioether (sulfide) groups is 1. The van der Waals surface area contributed by atoms with E-state index >= 15 is 0 Å². The minimum absolute atomic E-state index is 0.00371. The van der Waals surface area contributed by atoms with Gasteiger partial charge in [-0.05, 0) is 78.8 Å². The number of benzene rings is 2. The van der Waals surface area contributed by atoms with Crippen molar-refractivity contribution in [1.29, 1.82) is 0 Å². The molecule has 0 spiro atoms. The van der Waals surface area contributed by atoms with Crippen LogP contribution in [-0.4, -0.2) is 61.2 Å². The number of nitrogens with zero attached hydrogens (tertiary/aromatic N) is 3. The third kappa shape index (κ3) is 7.40. The Kier molecular flexibility index (Phi) is 10.6. The molecule has 3 rings (SSSR count). The fourth-order valence-electron chi connectivity index (χ4n) is 3.98. The number of rotatable bonds is 12. The number of carbonyl (C=O) groups is 1. The van der Waals surface area contributed by atoms with Crippen molar-refractivity contribution < 1.29 is 9.53 Å². The van der Waals surface area contributed by atoms with Gasteiger partial charge in [-0.25, -0.2) is 0 Å². The summed E-state index contributed by atoms with van der Waals surface area (Å²) in [4.78, 5) is 13.5. The molecule has 1 aliphatic heterocycles. The lowest BCUT2D eigenvalue weighted by atomic mass is 9.78. The topological polar surface area (TPSA) is 45.1 Å². The van der Waals surface area contributed by atoms with Gasteiger partial charge < -0.3 is 4.74 Å². The van der Waals surface area contributed by atoms with Crippen molar-refractivity contribution in [3.8, 4) is 0 Å². The Hall–Kier alpha value is -1.19. The van der Waals surface area contributed by atoms with Crippen molar-refractivity contribution in [3.05, 3.63) is 63.6 Å². The van der Waals surface area contributed by atoms with E-state index in [0.717, 1.165) is 40.0 Å². The zero-order valence-electron chi connectivity index (χ0n) is 19.8. The van der Waals surface area contributed by atoms with Crippen molar-refractivity contribution in [2.45, 2.75) is 19.8 Å². The van der Waals surface area contributed by atoms with Crippen molar-refractivity contribution in [1.82, 2.24) is 5.01 Å². The average molecular weight is 585 g/mol. The van der Waals surface area contributed by atoms with Crippen LogP contribution in [0.25, 0.3) is 0 Å². The largest absolute Gasteiger partial charge is 0.384 e. The molecular weight excluding hydrogens is 554 g/mol. The Bertz CT molecular complexity index is 975. The van der Waals surface area contributed by atoms with Crippen LogP contribution in [0.2, 0.25) is 5.02 Å². The van der Waals surface area contributed by atoms with Gasteiger partial charge in [0.25, 0.3) is 5.91 Å². The molecule has 5 nitrogen and oxygen atoms in total. The third-order valence-corrected chi connectivity index (χ3v) is 8.15. The van der Waals surface area contributed by atoms with Crippen LogP contribution in [0, 0.1) is 5.41 Å². The van der Waals surface area contributed by atoms with Gasteiger partial charge in [-0.2, -0.15) is 16.9 Å². The first-order valence-electron chi connectivity index (χ1n) is 11.2. The normalized spacial score (nSPS) is 17.7. The summed E-state index contributed by atoms with van der Waals surface area (Å²) in [5.74, 6) is 1.79. The number of carbonyl (C=O) groups excluding carboxylic acids is 1. The van der Waals surface area contributed by atoms with Crippen molar-refractivity contribution in [2.75, 3.05) is 48.9 Å². The van der Waals surface area contributed by atoms with Crippen molar-refractivity contribution in [3.63, 3.8) is 0 Å². The first kappa shape index (κ1) is 27.4. The molecule has 1 unspecified atom stereocenters. The minimum atomic E-state index is -0.129. The molecule has 9 heteroatoms.